The molecule has 3 aliphatic rings. The van der Waals surface area contributed by atoms with Crippen LogP contribution in [0.4, 0.5) is 0 Å². The zero-order valence-corrected chi connectivity index (χ0v) is 10.7. The minimum Gasteiger partial charge on any atom is -0.469 e. The average Bonchev–Trinajstić information content (AvgIpc) is 2.28. The number of rotatable bonds is 2. The van der Waals surface area contributed by atoms with Crippen LogP contribution in [-0.4, -0.2) is 13.1 Å². The van der Waals surface area contributed by atoms with Crippen LogP contribution in [0.15, 0.2) is 12.2 Å². The molecular weight excluding hydrogens is 200 g/mol. The molecule has 0 spiro atoms. The van der Waals surface area contributed by atoms with Crippen molar-refractivity contribution in [2.45, 2.75) is 40.0 Å². The van der Waals surface area contributed by atoms with Crippen molar-refractivity contribution in [3.63, 3.8) is 0 Å². The second-order valence-corrected chi connectivity index (χ2v) is 6.03. The van der Waals surface area contributed by atoms with Crippen molar-refractivity contribution in [2.24, 2.45) is 22.7 Å². The maximum absolute atomic E-state index is 12.0. The van der Waals surface area contributed by atoms with E-state index >= 15 is 0 Å². The van der Waals surface area contributed by atoms with Crippen LogP contribution in [0.1, 0.15) is 40.0 Å². The molecule has 0 radical (unpaired) electrons. The van der Waals surface area contributed by atoms with Crippen molar-refractivity contribution < 1.29 is 9.53 Å². The van der Waals surface area contributed by atoms with Gasteiger partial charge in [-0.3, -0.25) is 4.79 Å². The summed E-state index contributed by atoms with van der Waals surface area (Å²) in [7, 11) is 1.50. The van der Waals surface area contributed by atoms with Gasteiger partial charge in [0.1, 0.15) is 0 Å². The highest BCUT2D eigenvalue weighted by Crippen LogP contribution is 2.58. The Morgan fingerprint density at radius 2 is 2.06 bits per heavy atom. The molecule has 1 saturated carbocycles. The van der Waals surface area contributed by atoms with Crippen molar-refractivity contribution >= 4 is 5.97 Å². The highest BCUT2D eigenvalue weighted by atomic mass is 16.5. The van der Waals surface area contributed by atoms with E-state index in [1.165, 1.54) is 13.5 Å². The summed E-state index contributed by atoms with van der Waals surface area (Å²) in [6.45, 7) is 6.69. The third-order valence-electron chi connectivity index (χ3n) is 4.80. The van der Waals surface area contributed by atoms with E-state index in [0.717, 1.165) is 12.8 Å². The number of esters is 1. The molecule has 3 atom stereocenters. The third-order valence-corrected chi connectivity index (χ3v) is 4.80. The van der Waals surface area contributed by atoms with E-state index in [0.29, 0.717) is 5.92 Å². The van der Waals surface area contributed by atoms with E-state index in [1.807, 2.05) is 0 Å². The highest BCUT2D eigenvalue weighted by Gasteiger charge is 2.53. The summed E-state index contributed by atoms with van der Waals surface area (Å²) in [5, 5.41) is 0. The fourth-order valence-electron chi connectivity index (χ4n) is 3.47. The Bertz CT molecular complexity index is 332. The van der Waals surface area contributed by atoms with Crippen LogP contribution in [0.3, 0.4) is 0 Å². The lowest BCUT2D eigenvalue weighted by Gasteiger charge is -2.53. The Kier molecular flexibility index (Phi) is 2.64. The van der Waals surface area contributed by atoms with E-state index < -0.39 is 0 Å². The molecule has 0 unspecified atom stereocenters. The maximum Gasteiger partial charge on any atom is 0.309 e. The van der Waals surface area contributed by atoms with Crippen molar-refractivity contribution in [3.8, 4) is 0 Å². The molecule has 3 rings (SSSR count). The number of fused-ring (bicyclic) bond motifs is 2. The fraction of sp³-hybridized carbons (Fsp3) is 0.786. The SMILES string of the molecule is COC(=O)[C@H]1C[C@@]2(C)C=C[C@]1(C(C)C)CC2. The predicted octanol–water partition coefficient (Wildman–Crippen LogP) is 3.18. The first-order valence-electron chi connectivity index (χ1n) is 6.22. The van der Waals surface area contributed by atoms with E-state index in [2.05, 4.69) is 32.9 Å². The van der Waals surface area contributed by atoms with Gasteiger partial charge in [0.25, 0.3) is 0 Å². The van der Waals surface area contributed by atoms with Crippen molar-refractivity contribution in [1.82, 2.24) is 0 Å². The number of carbonyl (C=O) groups is 1. The Morgan fingerprint density at radius 1 is 1.38 bits per heavy atom. The van der Waals surface area contributed by atoms with Gasteiger partial charge < -0.3 is 4.74 Å². The molecule has 0 amide bonds. The van der Waals surface area contributed by atoms with Crippen molar-refractivity contribution in [2.75, 3.05) is 7.11 Å². The Hall–Kier alpha value is -0.790. The lowest BCUT2D eigenvalue weighted by Crippen LogP contribution is -2.49. The van der Waals surface area contributed by atoms with E-state index in [-0.39, 0.29) is 22.7 Å². The number of ether oxygens (including phenoxy) is 1. The minimum atomic E-state index is -0.0241. The summed E-state index contributed by atoms with van der Waals surface area (Å²) in [6.07, 6.45) is 7.91. The first kappa shape index (κ1) is 11.7. The first-order chi connectivity index (χ1) is 7.43. The lowest BCUT2D eigenvalue weighted by atomic mass is 9.50. The van der Waals surface area contributed by atoms with Gasteiger partial charge in [0.15, 0.2) is 0 Å². The van der Waals surface area contributed by atoms with Gasteiger partial charge in [0, 0.05) is 5.41 Å². The quantitative estimate of drug-likeness (QED) is 0.530. The Morgan fingerprint density at radius 3 is 2.50 bits per heavy atom. The van der Waals surface area contributed by atoms with Gasteiger partial charge in [0.2, 0.25) is 0 Å². The molecule has 16 heavy (non-hydrogen) atoms. The minimum absolute atomic E-state index is 0.0241. The molecule has 1 fully saturated rings. The molecule has 3 aliphatic carbocycles. The summed E-state index contributed by atoms with van der Waals surface area (Å²) < 4.78 is 4.99. The summed E-state index contributed by atoms with van der Waals surface area (Å²) >= 11 is 0. The van der Waals surface area contributed by atoms with E-state index in [9.17, 15) is 4.79 Å². The maximum atomic E-state index is 12.0. The second-order valence-electron chi connectivity index (χ2n) is 6.03. The zero-order chi connectivity index (χ0) is 12.0. The molecule has 2 bridgehead atoms. The molecule has 0 aromatic carbocycles. The van der Waals surface area contributed by atoms with Crippen molar-refractivity contribution in [3.05, 3.63) is 12.2 Å². The Balaban J connectivity index is 2.39. The topological polar surface area (TPSA) is 26.3 Å². The fourth-order valence-corrected chi connectivity index (χ4v) is 3.47. The monoisotopic (exact) mass is 222 g/mol. The van der Waals surface area contributed by atoms with Crippen LogP contribution in [-0.2, 0) is 9.53 Å². The molecule has 0 N–H and O–H groups in total. The molecule has 2 heteroatoms. The molecule has 0 aromatic rings. The summed E-state index contributed by atoms with van der Waals surface area (Å²) in [4.78, 5) is 12.0. The number of hydrogen-bond donors (Lipinski definition) is 0. The smallest absolute Gasteiger partial charge is 0.309 e. The number of allylic oxidation sites excluding steroid dienone is 2. The Labute approximate surface area is 98.1 Å². The number of carbonyl (C=O) groups excluding carboxylic acids is 1. The first-order valence-corrected chi connectivity index (χ1v) is 6.22. The second kappa shape index (κ2) is 3.61. The summed E-state index contributed by atoms with van der Waals surface area (Å²) in [5.74, 6) is 0.530. The van der Waals surface area contributed by atoms with Gasteiger partial charge in [0.05, 0.1) is 13.0 Å². The average molecular weight is 222 g/mol. The van der Waals surface area contributed by atoms with Crippen LogP contribution < -0.4 is 0 Å². The predicted molar refractivity (Wildman–Crippen MR) is 63.9 cm³/mol. The van der Waals surface area contributed by atoms with Crippen LogP contribution in [0, 0.1) is 22.7 Å². The van der Waals surface area contributed by atoms with Crippen LogP contribution in [0.2, 0.25) is 0 Å². The normalized spacial score (nSPS) is 41.4. The van der Waals surface area contributed by atoms with Gasteiger partial charge in [-0.05, 0) is 30.6 Å². The molecule has 90 valence electrons. The molecular formula is C14H22O2. The molecule has 0 aromatic heterocycles. The number of hydrogen-bond acceptors (Lipinski definition) is 2. The van der Waals surface area contributed by atoms with Gasteiger partial charge in [-0.1, -0.05) is 32.9 Å². The lowest BCUT2D eigenvalue weighted by molar-refractivity contribution is -0.155. The molecule has 0 aliphatic heterocycles. The van der Waals surface area contributed by atoms with E-state index in [1.54, 1.807) is 0 Å². The van der Waals surface area contributed by atoms with Crippen LogP contribution >= 0.6 is 0 Å². The van der Waals surface area contributed by atoms with Crippen molar-refractivity contribution in [1.29, 1.82) is 0 Å². The highest BCUT2D eigenvalue weighted by molar-refractivity contribution is 5.74. The summed E-state index contributed by atoms with van der Waals surface area (Å²) in [6, 6.07) is 0. The zero-order valence-electron chi connectivity index (χ0n) is 10.7. The van der Waals surface area contributed by atoms with E-state index in [4.69, 9.17) is 4.74 Å². The van der Waals surface area contributed by atoms with Gasteiger partial charge in [-0.15, -0.1) is 0 Å². The van der Waals surface area contributed by atoms with Crippen LogP contribution in [0.25, 0.3) is 0 Å². The van der Waals surface area contributed by atoms with Gasteiger partial charge >= 0.3 is 5.97 Å². The largest absolute Gasteiger partial charge is 0.469 e. The molecule has 0 saturated heterocycles. The molecule has 2 nitrogen and oxygen atoms in total. The van der Waals surface area contributed by atoms with Gasteiger partial charge in [-0.2, -0.15) is 0 Å². The molecule has 0 heterocycles. The standard InChI is InChI=1S/C14H22O2/c1-10(2)14-7-5-13(3,6-8-14)9-11(14)12(15)16-4/h5,7,10-11H,6,8-9H2,1-4H3/t11-,13+,14-/m1/s1. The number of methoxy groups -OCH3 is 1. The van der Waals surface area contributed by atoms with Crippen LogP contribution in [0.5, 0.6) is 0 Å². The van der Waals surface area contributed by atoms with Gasteiger partial charge in [-0.25, -0.2) is 0 Å². The third kappa shape index (κ3) is 1.50. The summed E-state index contributed by atoms with van der Waals surface area (Å²) in [5.41, 5.74) is 0.264.